The smallest absolute Gasteiger partial charge is 0.160 e. The van der Waals surface area contributed by atoms with Crippen molar-refractivity contribution in [2.45, 2.75) is 12.3 Å². The fourth-order valence-corrected chi connectivity index (χ4v) is 2.83. The Hall–Kier alpha value is -2.57. The van der Waals surface area contributed by atoms with Gasteiger partial charge < -0.3 is 5.32 Å². The Morgan fingerprint density at radius 2 is 2.05 bits per heavy atom. The van der Waals surface area contributed by atoms with E-state index in [2.05, 4.69) is 25.5 Å². The fraction of sp³-hybridized carbons (Fsp3) is 0.267. The normalized spacial score (nSPS) is 20.3. The largest absolute Gasteiger partial charge is 0.369 e. The van der Waals surface area contributed by atoms with Crippen molar-refractivity contribution in [1.29, 1.82) is 0 Å². The summed E-state index contributed by atoms with van der Waals surface area (Å²) in [7, 11) is 0. The van der Waals surface area contributed by atoms with Crippen molar-refractivity contribution in [2.75, 3.05) is 11.9 Å². The topological polar surface area (TPSA) is 66.5 Å². The molecule has 1 aliphatic carbocycles. The molecule has 1 aliphatic rings. The van der Waals surface area contributed by atoms with Crippen molar-refractivity contribution in [1.82, 2.24) is 20.2 Å². The van der Waals surface area contributed by atoms with Gasteiger partial charge in [0.15, 0.2) is 5.65 Å². The molecule has 1 aromatic carbocycles. The lowest BCUT2D eigenvalue weighted by atomic mass is 10.1. The van der Waals surface area contributed by atoms with E-state index in [4.69, 9.17) is 0 Å². The van der Waals surface area contributed by atoms with Crippen LogP contribution in [0.3, 0.4) is 0 Å². The van der Waals surface area contributed by atoms with Gasteiger partial charge >= 0.3 is 0 Å². The number of aromatic amines is 1. The highest BCUT2D eigenvalue weighted by Gasteiger charge is 2.41. The predicted octanol–water partition coefficient (Wildman–Crippen LogP) is 2.85. The summed E-state index contributed by atoms with van der Waals surface area (Å²) in [6.07, 6.45) is 3.87. The molecule has 0 amide bonds. The molecule has 7 heteroatoms. The molecule has 1 fully saturated rings. The number of anilines is 1. The van der Waals surface area contributed by atoms with E-state index < -0.39 is 11.6 Å². The Balaban J connectivity index is 1.47. The Morgan fingerprint density at radius 3 is 2.86 bits per heavy atom. The van der Waals surface area contributed by atoms with Crippen molar-refractivity contribution < 1.29 is 8.78 Å². The van der Waals surface area contributed by atoms with Gasteiger partial charge in [0.25, 0.3) is 0 Å². The van der Waals surface area contributed by atoms with E-state index in [-0.39, 0.29) is 17.4 Å². The van der Waals surface area contributed by atoms with Crippen LogP contribution in [0.25, 0.3) is 11.0 Å². The highest BCUT2D eigenvalue weighted by molar-refractivity contribution is 5.85. The van der Waals surface area contributed by atoms with Crippen LogP contribution >= 0.6 is 0 Å². The summed E-state index contributed by atoms with van der Waals surface area (Å²) in [5.41, 5.74) is 0.857. The van der Waals surface area contributed by atoms with Crippen LogP contribution < -0.4 is 5.32 Å². The highest BCUT2D eigenvalue weighted by Crippen LogP contribution is 2.49. The lowest BCUT2D eigenvalue weighted by molar-refractivity contribution is 0.552. The molecule has 0 unspecified atom stereocenters. The Kier molecular flexibility index (Phi) is 2.99. The van der Waals surface area contributed by atoms with E-state index in [9.17, 15) is 8.78 Å². The minimum absolute atomic E-state index is 0.0737. The summed E-state index contributed by atoms with van der Waals surface area (Å²) < 4.78 is 27.5. The first kappa shape index (κ1) is 13.1. The van der Waals surface area contributed by atoms with Gasteiger partial charge in [-0.3, -0.25) is 5.10 Å². The summed E-state index contributed by atoms with van der Waals surface area (Å²) in [5.74, 6) is -0.129. The van der Waals surface area contributed by atoms with Gasteiger partial charge in [0, 0.05) is 12.1 Å². The van der Waals surface area contributed by atoms with E-state index in [1.807, 2.05) is 0 Å². The zero-order valence-electron chi connectivity index (χ0n) is 11.6. The van der Waals surface area contributed by atoms with Crippen LogP contribution in [0.5, 0.6) is 0 Å². The molecule has 3 aromatic rings. The number of hydrogen-bond donors (Lipinski definition) is 2. The Morgan fingerprint density at radius 1 is 1.23 bits per heavy atom. The van der Waals surface area contributed by atoms with E-state index in [0.29, 0.717) is 18.0 Å². The number of aromatic nitrogens is 4. The maximum atomic E-state index is 13.8. The minimum Gasteiger partial charge on any atom is -0.369 e. The highest BCUT2D eigenvalue weighted by atomic mass is 19.1. The van der Waals surface area contributed by atoms with E-state index in [1.54, 1.807) is 6.20 Å². The lowest BCUT2D eigenvalue weighted by Crippen LogP contribution is -2.07. The van der Waals surface area contributed by atoms with Crippen molar-refractivity contribution in [3.8, 4) is 0 Å². The summed E-state index contributed by atoms with van der Waals surface area (Å²) in [5, 5.41) is 10.7. The third kappa shape index (κ3) is 2.18. The van der Waals surface area contributed by atoms with Crippen molar-refractivity contribution in [3.05, 3.63) is 47.9 Å². The van der Waals surface area contributed by atoms with Crippen LogP contribution in [0.4, 0.5) is 14.6 Å². The molecule has 2 N–H and O–H groups in total. The number of nitrogens with one attached hydrogen (secondary N) is 2. The zero-order chi connectivity index (χ0) is 15.1. The SMILES string of the molecule is Fc1cccc(F)c1[C@@H]1C[C@H]1CNc1ncnc2[nH]ncc12. The maximum absolute atomic E-state index is 13.8. The molecule has 0 bridgehead atoms. The Labute approximate surface area is 124 Å². The van der Waals surface area contributed by atoms with Crippen LogP contribution in [-0.4, -0.2) is 26.7 Å². The summed E-state index contributed by atoms with van der Waals surface area (Å²) >= 11 is 0. The molecule has 0 radical (unpaired) electrons. The van der Waals surface area contributed by atoms with Crippen LogP contribution in [0, 0.1) is 17.6 Å². The fourth-order valence-electron chi connectivity index (χ4n) is 2.83. The predicted molar refractivity (Wildman–Crippen MR) is 77.4 cm³/mol. The first-order valence-electron chi connectivity index (χ1n) is 7.06. The van der Waals surface area contributed by atoms with Gasteiger partial charge in [0.05, 0.1) is 11.6 Å². The quantitative estimate of drug-likeness (QED) is 0.777. The third-order valence-electron chi connectivity index (χ3n) is 4.07. The average molecular weight is 301 g/mol. The lowest BCUT2D eigenvalue weighted by Gasteiger charge is -2.07. The molecular formula is C15H13F2N5. The first-order chi connectivity index (χ1) is 10.7. The van der Waals surface area contributed by atoms with E-state index in [0.717, 1.165) is 11.8 Å². The van der Waals surface area contributed by atoms with Gasteiger partial charge in [0.2, 0.25) is 0 Å². The molecule has 5 nitrogen and oxygen atoms in total. The molecule has 22 heavy (non-hydrogen) atoms. The summed E-state index contributed by atoms with van der Waals surface area (Å²) in [4.78, 5) is 8.24. The van der Waals surface area contributed by atoms with Gasteiger partial charge in [-0.25, -0.2) is 18.7 Å². The van der Waals surface area contributed by atoms with E-state index in [1.165, 1.54) is 24.5 Å². The maximum Gasteiger partial charge on any atom is 0.160 e. The number of hydrogen-bond acceptors (Lipinski definition) is 4. The summed E-state index contributed by atoms with van der Waals surface area (Å²) in [6, 6.07) is 4.00. The zero-order valence-corrected chi connectivity index (χ0v) is 11.6. The van der Waals surface area contributed by atoms with Gasteiger partial charge in [0.1, 0.15) is 23.8 Å². The molecule has 0 spiro atoms. The standard InChI is InChI=1S/C15H13F2N5/c16-11-2-1-3-12(17)13(11)9-4-8(9)5-18-14-10-6-21-22-15(10)20-7-19-14/h1-3,6-9H,4-5H2,(H2,18,19,20,21,22)/t8-,9+/m0/s1. The minimum atomic E-state index is -0.466. The van der Waals surface area contributed by atoms with Crippen LogP contribution in [0.1, 0.15) is 17.9 Å². The van der Waals surface area contributed by atoms with Crippen molar-refractivity contribution in [3.63, 3.8) is 0 Å². The molecule has 2 atom stereocenters. The molecule has 0 saturated heterocycles. The molecule has 2 aromatic heterocycles. The van der Waals surface area contributed by atoms with Crippen LogP contribution in [-0.2, 0) is 0 Å². The second kappa shape index (κ2) is 5.01. The number of fused-ring (bicyclic) bond motifs is 1. The Bertz CT molecular complexity index is 811. The second-order valence-corrected chi connectivity index (χ2v) is 5.47. The van der Waals surface area contributed by atoms with Crippen molar-refractivity contribution in [2.24, 2.45) is 5.92 Å². The van der Waals surface area contributed by atoms with Crippen LogP contribution in [0.15, 0.2) is 30.7 Å². The summed E-state index contributed by atoms with van der Waals surface area (Å²) in [6.45, 7) is 0.607. The molecule has 2 heterocycles. The number of benzene rings is 1. The van der Waals surface area contributed by atoms with Gasteiger partial charge in [-0.15, -0.1) is 0 Å². The van der Waals surface area contributed by atoms with E-state index >= 15 is 0 Å². The molecule has 112 valence electrons. The van der Waals surface area contributed by atoms with Gasteiger partial charge in [-0.1, -0.05) is 6.07 Å². The number of nitrogens with zero attached hydrogens (tertiary/aromatic N) is 3. The van der Waals surface area contributed by atoms with Crippen molar-refractivity contribution >= 4 is 16.9 Å². The van der Waals surface area contributed by atoms with Gasteiger partial charge in [-0.05, 0) is 30.4 Å². The third-order valence-corrected chi connectivity index (χ3v) is 4.07. The molecule has 0 aliphatic heterocycles. The average Bonchev–Trinajstić information content (AvgIpc) is 3.08. The monoisotopic (exact) mass is 301 g/mol. The molecule has 1 saturated carbocycles. The molecular weight excluding hydrogens is 288 g/mol. The first-order valence-corrected chi connectivity index (χ1v) is 7.06. The number of H-pyrrole nitrogens is 1. The number of rotatable bonds is 4. The van der Waals surface area contributed by atoms with Crippen LogP contribution in [0.2, 0.25) is 0 Å². The number of halogens is 2. The second-order valence-electron chi connectivity index (χ2n) is 5.47. The molecule has 4 rings (SSSR count). The van der Waals surface area contributed by atoms with Gasteiger partial charge in [-0.2, -0.15) is 5.10 Å².